The fourth-order valence-corrected chi connectivity index (χ4v) is 3.15. The van der Waals surface area contributed by atoms with Crippen molar-refractivity contribution in [2.45, 2.75) is 17.7 Å². The molecule has 10 heteroatoms. The highest BCUT2D eigenvalue weighted by Crippen LogP contribution is 2.34. The number of rotatable bonds is 6. The summed E-state index contributed by atoms with van der Waals surface area (Å²) in [6, 6.07) is 7.37. The summed E-state index contributed by atoms with van der Waals surface area (Å²) in [7, 11) is 0. The molecular formula is C15H13ClF3N3O2S. The zero-order valence-electron chi connectivity index (χ0n) is 12.6. The number of amides is 1. The minimum atomic E-state index is -4.67. The lowest BCUT2D eigenvalue weighted by atomic mass is 10.2. The molecule has 1 heterocycles. The Labute approximate surface area is 150 Å². The smallest absolute Gasteiger partial charge is 0.392 e. The Hall–Kier alpha value is -1.97. The average Bonchev–Trinajstić information content (AvgIpc) is 2.55. The first-order valence-corrected chi connectivity index (χ1v) is 8.23. The second-order valence-electron chi connectivity index (χ2n) is 4.81. The number of aliphatic hydroxyl groups is 1. The minimum Gasteiger partial charge on any atom is -0.392 e. The van der Waals surface area contributed by atoms with E-state index in [0.717, 1.165) is 6.07 Å². The van der Waals surface area contributed by atoms with E-state index < -0.39 is 29.5 Å². The maximum Gasteiger partial charge on any atom is 0.433 e. The van der Waals surface area contributed by atoms with Crippen LogP contribution in [0.1, 0.15) is 21.6 Å². The van der Waals surface area contributed by atoms with Crippen LogP contribution in [0.15, 0.2) is 35.2 Å². The number of aliphatic hydroxyl groups excluding tert-OH is 1. The third kappa shape index (κ3) is 4.77. The lowest BCUT2D eigenvalue weighted by Crippen LogP contribution is -2.13. The van der Waals surface area contributed by atoms with E-state index in [1.54, 1.807) is 24.3 Å². The van der Waals surface area contributed by atoms with E-state index in [1.165, 1.54) is 11.8 Å². The zero-order chi connectivity index (χ0) is 18.6. The predicted octanol–water partition coefficient (Wildman–Crippen LogP) is 3.51. The zero-order valence-corrected chi connectivity index (χ0v) is 14.2. The number of benzene rings is 1. The van der Waals surface area contributed by atoms with E-state index >= 15 is 0 Å². The average molecular weight is 392 g/mol. The molecule has 0 bridgehead atoms. The number of hydrogen-bond donors (Lipinski definition) is 3. The van der Waals surface area contributed by atoms with Crippen LogP contribution in [0.25, 0.3) is 0 Å². The first-order chi connectivity index (χ1) is 11.7. The molecule has 0 saturated heterocycles. The Morgan fingerprint density at radius 3 is 2.64 bits per heavy atom. The molecule has 0 radical (unpaired) electrons. The normalized spacial score (nSPS) is 11.4. The third-order valence-electron chi connectivity index (χ3n) is 3.15. The van der Waals surface area contributed by atoms with Gasteiger partial charge >= 0.3 is 6.18 Å². The van der Waals surface area contributed by atoms with Gasteiger partial charge in [0.25, 0.3) is 0 Å². The van der Waals surface area contributed by atoms with Crippen molar-refractivity contribution in [3.8, 4) is 0 Å². The number of alkyl halides is 3. The summed E-state index contributed by atoms with van der Waals surface area (Å²) in [6.45, 7) is -0.643. The predicted molar refractivity (Wildman–Crippen MR) is 89.5 cm³/mol. The van der Waals surface area contributed by atoms with Gasteiger partial charge in [0.05, 0.1) is 23.7 Å². The summed E-state index contributed by atoms with van der Waals surface area (Å²) in [5.41, 5.74) is 4.49. The molecule has 5 nitrogen and oxygen atoms in total. The molecule has 0 aliphatic heterocycles. The number of anilines is 1. The first kappa shape index (κ1) is 19.4. The number of halogens is 4. The van der Waals surface area contributed by atoms with Gasteiger partial charge < -0.3 is 16.2 Å². The van der Waals surface area contributed by atoms with Gasteiger partial charge in [-0.3, -0.25) is 4.79 Å². The van der Waals surface area contributed by atoms with Crippen molar-refractivity contribution >= 4 is 35.0 Å². The highest BCUT2D eigenvalue weighted by Gasteiger charge is 2.34. The summed E-state index contributed by atoms with van der Waals surface area (Å²) in [5, 5.41) is 11.7. The molecule has 0 unspecified atom stereocenters. The summed E-state index contributed by atoms with van der Waals surface area (Å²) < 4.78 is 38.2. The first-order valence-electron chi connectivity index (χ1n) is 6.87. The van der Waals surface area contributed by atoms with Gasteiger partial charge in [-0.15, -0.1) is 11.8 Å². The van der Waals surface area contributed by atoms with Gasteiger partial charge in [-0.25, -0.2) is 4.98 Å². The SMILES string of the molecule is NC(=O)c1ccccc1SCNc1c(CO)cc(C(F)(F)F)nc1Cl. The molecule has 25 heavy (non-hydrogen) atoms. The standard InChI is InChI=1S/C15H13ClF3N3O2S/c16-13-12(8(6-23)5-11(22-13)15(17,18)19)21-7-25-10-4-2-1-3-9(10)14(20)24/h1-5,21,23H,6-7H2,(H2,20,24). The van der Waals surface area contributed by atoms with Crippen LogP contribution >= 0.6 is 23.4 Å². The second-order valence-corrected chi connectivity index (χ2v) is 6.19. The molecule has 4 N–H and O–H groups in total. The number of nitrogens with zero attached hydrogens (tertiary/aromatic N) is 1. The number of carbonyl (C=O) groups excluding carboxylic acids is 1. The number of primary amides is 1. The van der Waals surface area contributed by atoms with E-state index in [4.69, 9.17) is 17.3 Å². The van der Waals surface area contributed by atoms with Gasteiger partial charge in [0, 0.05) is 10.5 Å². The summed E-state index contributed by atoms with van der Waals surface area (Å²) >= 11 is 7.02. The van der Waals surface area contributed by atoms with Crippen molar-refractivity contribution in [2.75, 3.05) is 11.2 Å². The number of carbonyl (C=O) groups is 1. The third-order valence-corrected chi connectivity index (χ3v) is 4.38. The van der Waals surface area contributed by atoms with Crippen LogP contribution < -0.4 is 11.1 Å². The number of hydrogen-bond acceptors (Lipinski definition) is 5. The summed E-state index contributed by atoms with van der Waals surface area (Å²) in [5.74, 6) is -0.419. The van der Waals surface area contributed by atoms with Crippen LogP contribution in [0.3, 0.4) is 0 Å². The summed E-state index contributed by atoms with van der Waals surface area (Å²) in [4.78, 5) is 15.3. The molecule has 2 aromatic rings. The molecular weight excluding hydrogens is 379 g/mol. The molecule has 1 aromatic heterocycles. The molecule has 0 aliphatic rings. The minimum absolute atomic E-state index is 0.0314. The number of nitrogens with two attached hydrogens (primary N) is 1. The van der Waals surface area contributed by atoms with Crippen LogP contribution in [-0.2, 0) is 12.8 Å². The number of pyridine rings is 1. The van der Waals surface area contributed by atoms with Crippen molar-refractivity contribution < 1.29 is 23.1 Å². The lowest BCUT2D eigenvalue weighted by Gasteiger charge is -2.15. The van der Waals surface area contributed by atoms with Gasteiger partial charge in [-0.1, -0.05) is 23.7 Å². The van der Waals surface area contributed by atoms with E-state index in [1.807, 2.05) is 0 Å². The largest absolute Gasteiger partial charge is 0.433 e. The van der Waals surface area contributed by atoms with Crippen LogP contribution in [0.4, 0.5) is 18.9 Å². The highest BCUT2D eigenvalue weighted by molar-refractivity contribution is 7.99. The van der Waals surface area contributed by atoms with E-state index in [2.05, 4.69) is 10.3 Å². The van der Waals surface area contributed by atoms with Crippen molar-refractivity contribution in [1.29, 1.82) is 0 Å². The Bertz CT molecular complexity index is 787. The summed E-state index contributed by atoms with van der Waals surface area (Å²) in [6.07, 6.45) is -4.67. The molecule has 1 aromatic carbocycles. The molecule has 0 fully saturated rings. The molecule has 134 valence electrons. The molecule has 1 amide bonds. The number of thioether (sulfide) groups is 1. The number of nitrogens with one attached hydrogen (secondary N) is 1. The molecule has 2 rings (SSSR count). The van der Waals surface area contributed by atoms with Crippen LogP contribution in [-0.4, -0.2) is 21.9 Å². The molecule has 0 spiro atoms. The van der Waals surface area contributed by atoms with Crippen molar-refractivity contribution in [2.24, 2.45) is 5.73 Å². The van der Waals surface area contributed by atoms with E-state index in [-0.39, 0.29) is 17.1 Å². The van der Waals surface area contributed by atoms with Crippen LogP contribution in [0.5, 0.6) is 0 Å². The maximum atomic E-state index is 12.7. The monoisotopic (exact) mass is 391 g/mol. The highest BCUT2D eigenvalue weighted by atomic mass is 35.5. The number of aromatic nitrogens is 1. The Balaban J connectivity index is 2.18. The Kier molecular flexibility index (Phi) is 6.15. The van der Waals surface area contributed by atoms with Gasteiger partial charge in [-0.2, -0.15) is 13.2 Å². The topological polar surface area (TPSA) is 88.2 Å². The maximum absolute atomic E-state index is 12.7. The molecule has 0 aliphatic carbocycles. The fraction of sp³-hybridized carbons (Fsp3) is 0.200. The van der Waals surface area contributed by atoms with Gasteiger partial charge in [0.15, 0.2) is 5.15 Å². The second kappa shape index (κ2) is 7.94. The fourth-order valence-electron chi connectivity index (χ4n) is 2.00. The molecule has 0 saturated carbocycles. The van der Waals surface area contributed by atoms with Gasteiger partial charge in [-0.05, 0) is 18.2 Å². The van der Waals surface area contributed by atoms with Crippen molar-refractivity contribution in [3.05, 3.63) is 52.3 Å². The Morgan fingerprint density at radius 1 is 1.36 bits per heavy atom. The quantitative estimate of drug-likeness (QED) is 0.398. The van der Waals surface area contributed by atoms with E-state index in [9.17, 15) is 23.1 Å². The van der Waals surface area contributed by atoms with Crippen LogP contribution in [0, 0.1) is 0 Å². The lowest BCUT2D eigenvalue weighted by molar-refractivity contribution is -0.141. The van der Waals surface area contributed by atoms with Gasteiger partial charge in [0.2, 0.25) is 5.91 Å². The molecule has 0 atom stereocenters. The van der Waals surface area contributed by atoms with E-state index in [0.29, 0.717) is 10.5 Å². The van der Waals surface area contributed by atoms with Crippen molar-refractivity contribution in [3.63, 3.8) is 0 Å². The van der Waals surface area contributed by atoms with Crippen molar-refractivity contribution in [1.82, 2.24) is 4.98 Å². The Morgan fingerprint density at radius 2 is 2.04 bits per heavy atom. The van der Waals surface area contributed by atoms with Gasteiger partial charge in [0.1, 0.15) is 5.69 Å². The van der Waals surface area contributed by atoms with Crippen LogP contribution in [0.2, 0.25) is 5.15 Å².